The molecule has 0 atom stereocenters. The number of hydrogen-bond donors (Lipinski definition) is 3. The lowest BCUT2D eigenvalue weighted by molar-refractivity contribution is 0.601. The molecule has 0 saturated heterocycles. The molecule has 0 aliphatic rings. The van der Waals surface area contributed by atoms with E-state index in [1.807, 2.05) is 0 Å². The maximum atomic E-state index is 11.7. The SMILES string of the molecule is N#Cc1cn[nH]c1NS(=O)(=O)c1cn[nH]c1. The van der Waals surface area contributed by atoms with Gasteiger partial charge in [0.25, 0.3) is 10.0 Å². The van der Waals surface area contributed by atoms with Crippen LogP contribution in [-0.4, -0.2) is 28.8 Å². The van der Waals surface area contributed by atoms with Gasteiger partial charge >= 0.3 is 0 Å². The number of nitriles is 1. The Balaban J connectivity index is 2.33. The molecule has 2 heterocycles. The normalized spacial score (nSPS) is 10.9. The Morgan fingerprint density at radius 2 is 2.19 bits per heavy atom. The van der Waals surface area contributed by atoms with Crippen molar-refractivity contribution in [2.24, 2.45) is 0 Å². The first kappa shape index (κ1) is 10.2. The van der Waals surface area contributed by atoms with Crippen LogP contribution in [0.25, 0.3) is 0 Å². The van der Waals surface area contributed by atoms with Gasteiger partial charge in [-0.05, 0) is 0 Å². The van der Waals surface area contributed by atoms with Crippen LogP contribution in [0, 0.1) is 11.3 Å². The maximum Gasteiger partial charge on any atom is 0.266 e. The van der Waals surface area contributed by atoms with Gasteiger partial charge in [0.2, 0.25) is 0 Å². The van der Waals surface area contributed by atoms with Gasteiger partial charge in [0.05, 0.1) is 12.4 Å². The molecule has 8 nitrogen and oxygen atoms in total. The maximum absolute atomic E-state index is 11.7. The molecule has 0 bridgehead atoms. The smallest absolute Gasteiger partial charge is 0.266 e. The summed E-state index contributed by atoms with van der Waals surface area (Å²) >= 11 is 0. The minimum Gasteiger partial charge on any atom is -0.284 e. The Morgan fingerprint density at radius 1 is 1.38 bits per heavy atom. The van der Waals surface area contributed by atoms with Crippen LogP contribution in [0.15, 0.2) is 23.5 Å². The zero-order valence-electron chi connectivity index (χ0n) is 7.80. The van der Waals surface area contributed by atoms with Gasteiger partial charge in [-0.3, -0.25) is 14.9 Å². The van der Waals surface area contributed by atoms with Crippen molar-refractivity contribution in [2.45, 2.75) is 4.90 Å². The molecule has 0 spiro atoms. The molecule has 0 saturated carbocycles. The van der Waals surface area contributed by atoms with Crippen LogP contribution in [0.5, 0.6) is 0 Å². The van der Waals surface area contributed by atoms with Crippen LogP contribution in [-0.2, 0) is 10.0 Å². The van der Waals surface area contributed by atoms with Gasteiger partial charge < -0.3 is 0 Å². The third-order valence-electron chi connectivity index (χ3n) is 1.78. The lowest BCUT2D eigenvalue weighted by Gasteiger charge is -2.02. The molecular weight excluding hydrogens is 232 g/mol. The van der Waals surface area contributed by atoms with E-state index in [1.54, 1.807) is 6.07 Å². The highest BCUT2D eigenvalue weighted by molar-refractivity contribution is 7.92. The topological polar surface area (TPSA) is 127 Å². The van der Waals surface area contributed by atoms with Crippen LogP contribution < -0.4 is 4.72 Å². The number of rotatable bonds is 3. The third kappa shape index (κ3) is 1.73. The first-order valence-electron chi connectivity index (χ1n) is 4.08. The first-order valence-corrected chi connectivity index (χ1v) is 5.57. The molecule has 2 aromatic rings. The van der Waals surface area contributed by atoms with Crippen LogP contribution in [0.3, 0.4) is 0 Å². The van der Waals surface area contributed by atoms with Crippen molar-refractivity contribution in [1.29, 1.82) is 5.26 Å². The fraction of sp³-hybridized carbons (Fsp3) is 0. The van der Waals surface area contributed by atoms with E-state index in [4.69, 9.17) is 5.26 Å². The summed E-state index contributed by atoms with van der Waals surface area (Å²) in [6.07, 6.45) is 3.61. The van der Waals surface area contributed by atoms with E-state index >= 15 is 0 Å². The fourth-order valence-electron chi connectivity index (χ4n) is 1.03. The van der Waals surface area contributed by atoms with Crippen molar-refractivity contribution in [3.63, 3.8) is 0 Å². The summed E-state index contributed by atoms with van der Waals surface area (Å²) in [4.78, 5) is -0.0222. The van der Waals surface area contributed by atoms with Crippen molar-refractivity contribution in [1.82, 2.24) is 20.4 Å². The number of aromatic nitrogens is 4. The Bertz CT molecular complexity index is 620. The summed E-state index contributed by atoms with van der Waals surface area (Å²) < 4.78 is 25.6. The number of H-pyrrole nitrogens is 2. The zero-order valence-corrected chi connectivity index (χ0v) is 8.61. The minimum absolute atomic E-state index is 0.0222. The molecule has 2 rings (SSSR count). The van der Waals surface area contributed by atoms with E-state index in [0.29, 0.717) is 0 Å². The largest absolute Gasteiger partial charge is 0.284 e. The fourth-order valence-corrected chi connectivity index (χ4v) is 1.97. The lowest BCUT2D eigenvalue weighted by atomic mass is 10.4. The molecule has 0 aromatic carbocycles. The summed E-state index contributed by atoms with van der Waals surface area (Å²) in [5.41, 5.74) is 0.118. The molecule has 0 amide bonds. The molecular formula is C7H6N6O2S. The second-order valence-electron chi connectivity index (χ2n) is 2.81. The van der Waals surface area contributed by atoms with Crippen molar-refractivity contribution < 1.29 is 8.42 Å². The summed E-state index contributed by atoms with van der Waals surface area (Å²) in [6.45, 7) is 0. The van der Waals surface area contributed by atoms with Crippen LogP contribution >= 0.6 is 0 Å². The van der Waals surface area contributed by atoms with E-state index < -0.39 is 10.0 Å². The Labute approximate surface area is 90.4 Å². The van der Waals surface area contributed by atoms with Gasteiger partial charge in [-0.2, -0.15) is 15.5 Å². The van der Waals surface area contributed by atoms with Gasteiger partial charge in [-0.25, -0.2) is 8.42 Å². The molecule has 0 fully saturated rings. The quantitative estimate of drug-likeness (QED) is 0.682. The van der Waals surface area contributed by atoms with E-state index in [-0.39, 0.29) is 16.3 Å². The molecule has 0 aliphatic carbocycles. The number of nitrogens with one attached hydrogen (secondary N) is 3. The minimum atomic E-state index is -3.74. The van der Waals surface area contributed by atoms with Crippen molar-refractivity contribution in [3.8, 4) is 6.07 Å². The Hall–Kier alpha value is -2.34. The lowest BCUT2D eigenvalue weighted by Crippen LogP contribution is -2.13. The molecule has 82 valence electrons. The van der Waals surface area contributed by atoms with Crippen LogP contribution in [0.1, 0.15) is 5.56 Å². The van der Waals surface area contributed by atoms with Gasteiger partial charge in [-0.15, -0.1) is 0 Å². The van der Waals surface area contributed by atoms with E-state index in [1.165, 1.54) is 12.4 Å². The van der Waals surface area contributed by atoms with E-state index in [2.05, 4.69) is 25.1 Å². The molecule has 2 aromatic heterocycles. The third-order valence-corrected chi connectivity index (χ3v) is 3.10. The molecule has 0 aliphatic heterocycles. The number of aromatic amines is 2. The van der Waals surface area contributed by atoms with Crippen LogP contribution in [0.4, 0.5) is 5.82 Å². The molecule has 9 heteroatoms. The molecule has 16 heavy (non-hydrogen) atoms. The number of nitrogens with zero attached hydrogens (tertiary/aromatic N) is 3. The number of hydrogen-bond acceptors (Lipinski definition) is 5. The monoisotopic (exact) mass is 238 g/mol. The van der Waals surface area contributed by atoms with E-state index in [9.17, 15) is 8.42 Å². The predicted molar refractivity (Wildman–Crippen MR) is 52.7 cm³/mol. The van der Waals surface area contributed by atoms with Gasteiger partial charge in [-0.1, -0.05) is 0 Å². The highest BCUT2D eigenvalue weighted by Crippen LogP contribution is 2.15. The highest BCUT2D eigenvalue weighted by atomic mass is 32.2. The standard InChI is InChI=1S/C7H6N6O2S/c8-1-5-2-11-12-7(5)13-16(14,15)6-3-9-10-4-6/h2-4H,(H,9,10)(H2,11,12,13). The zero-order chi connectivity index (χ0) is 11.6. The average Bonchev–Trinajstić information content (AvgIpc) is 2.86. The van der Waals surface area contributed by atoms with Crippen molar-refractivity contribution in [2.75, 3.05) is 4.72 Å². The van der Waals surface area contributed by atoms with Crippen molar-refractivity contribution >= 4 is 15.8 Å². The predicted octanol–water partition coefficient (Wildman–Crippen LogP) is -0.195. The summed E-state index contributed by atoms with van der Waals surface area (Å²) in [6, 6.07) is 1.80. The summed E-state index contributed by atoms with van der Waals surface area (Å²) in [5, 5.41) is 20.5. The number of sulfonamides is 1. The molecule has 0 radical (unpaired) electrons. The average molecular weight is 238 g/mol. The second kappa shape index (κ2) is 3.67. The number of anilines is 1. The molecule has 3 N–H and O–H groups in total. The summed E-state index contributed by atoms with van der Waals surface area (Å²) in [7, 11) is -3.74. The Morgan fingerprint density at radius 3 is 2.81 bits per heavy atom. The van der Waals surface area contributed by atoms with E-state index in [0.717, 1.165) is 6.20 Å². The second-order valence-corrected chi connectivity index (χ2v) is 4.49. The Kier molecular flexibility index (Phi) is 2.34. The van der Waals surface area contributed by atoms with Gasteiger partial charge in [0.15, 0.2) is 5.82 Å². The van der Waals surface area contributed by atoms with Gasteiger partial charge in [0.1, 0.15) is 16.5 Å². The first-order chi connectivity index (χ1) is 7.63. The highest BCUT2D eigenvalue weighted by Gasteiger charge is 2.17. The van der Waals surface area contributed by atoms with Crippen molar-refractivity contribution in [3.05, 3.63) is 24.2 Å². The van der Waals surface area contributed by atoms with Gasteiger partial charge in [0, 0.05) is 6.20 Å². The van der Waals surface area contributed by atoms with Crippen LogP contribution in [0.2, 0.25) is 0 Å². The summed E-state index contributed by atoms with van der Waals surface area (Å²) in [5.74, 6) is 0.0312. The molecule has 0 unspecified atom stereocenters.